The van der Waals surface area contributed by atoms with E-state index in [0.29, 0.717) is 12.2 Å². The van der Waals surface area contributed by atoms with E-state index < -0.39 is 0 Å². The molecule has 0 spiro atoms. The van der Waals surface area contributed by atoms with Crippen LogP contribution in [0.1, 0.15) is 25.6 Å². The molecule has 4 nitrogen and oxygen atoms in total. The second-order valence-corrected chi connectivity index (χ2v) is 6.00. The third-order valence-electron chi connectivity index (χ3n) is 4.07. The lowest BCUT2D eigenvalue weighted by molar-refractivity contribution is -0.0702. The zero-order valence-corrected chi connectivity index (χ0v) is 13.0. The summed E-state index contributed by atoms with van der Waals surface area (Å²) in [6, 6.07) is 10.5. The van der Waals surface area contributed by atoms with Gasteiger partial charge in [-0.15, -0.1) is 0 Å². The lowest BCUT2D eigenvalue weighted by atomic mass is 10.1. The SMILES string of the molecule is CNC(CN1C[C@@H](C)O[C@@H](C)C1)c1cc2ccccc2o1. The van der Waals surface area contributed by atoms with Crippen molar-refractivity contribution < 1.29 is 9.15 Å². The molecule has 1 aromatic carbocycles. The summed E-state index contributed by atoms with van der Waals surface area (Å²) in [6.07, 6.45) is 0.587. The molecule has 0 aliphatic carbocycles. The highest BCUT2D eigenvalue weighted by atomic mass is 16.5. The molecule has 1 unspecified atom stereocenters. The Balaban J connectivity index is 1.75. The number of hydrogen-bond donors (Lipinski definition) is 1. The molecule has 3 rings (SSSR count). The van der Waals surface area contributed by atoms with Crippen LogP contribution in [0.4, 0.5) is 0 Å². The highest BCUT2D eigenvalue weighted by Gasteiger charge is 2.25. The summed E-state index contributed by atoms with van der Waals surface area (Å²) in [5.74, 6) is 1.01. The normalized spacial score (nSPS) is 25.3. The molecule has 0 radical (unpaired) electrons. The van der Waals surface area contributed by atoms with Crippen molar-refractivity contribution in [3.63, 3.8) is 0 Å². The number of hydrogen-bond acceptors (Lipinski definition) is 4. The maximum Gasteiger partial charge on any atom is 0.134 e. The first kappa shape index (κ1) is 14.6. The van der Waals surface area contributed by atoms with Crippen LogP contribution in [-0.4, -0.2) is 43.8 Å². The second-order valence-electron chi connectivity index (χ2n) is 6.00. The maximum absolute atomic E-state index is 6.00. The molecular weight excluding hydrogens is 264 g/mol. The first-order valence-corrected chi connectivity index (χ1v) is 7.69. The number of ether oxygens (including phenoxy) is 1. The molecule has 1 aliphatic heterocycles. The third-order valence-corrected chi connectivity index (χ3v) is 4.07. The molecule has 0 amide bonds. The summed E-state index contributed by atoms with van der Waals surface area (Å²) < 4.78 is 11.8. The predicted molar refractivity (Wildman–Crippen MR) is 84.5 cm³/mol. The molecule has 3 atom stereocenters. The van der Waals surface area contributed by atoms with Crippen LogP contribution >= 0.6 is 0 Å². The molecule has 21 heavy (non-hydrogen) atoms. The van der Waals surface area contributed by atoms with Crippen LogP contribution in [0.25, 0.3) is 11.0 Å². The average Bonchev–Trinajstić information content (AvgIpc) is 2.87. The molecule has 1 saturated heterocycles. The van der Waals surface area contributed by atoms with Crippen LogP contribution in [-0.2, 0) is 4.74 Å². The molecule has 114 valence electrons. The molecule has 1 N–H and O–H groups in total. The lowest BCUT2D eigenvalue weighted by Crippen LogP contribution is -2.47. The van der Waals surface area contributed by atoms with Crippen molar-refractivity contribution in [2.75, 3.05) is 26.7 Å². The molecule has 2 aromatic rings. The first-order chi connectivity index (χ1) is 10.2. The fourth-order valence-corrected chi connectivity index (χ4v) is 3.19. The van der Waals surface area contributed by atoms with Crippen molar-refractivity contribution in [1.29, 1.82) is 0 Å². The van der Waals surface area contributed by atoms with Crippen molar-refractivity contribution in [1.82, 2.24) is 10.2 Å². The summed E-state index contributed by atoms with van der Waals surface area (Å²) in [7, 11) is 1.99. The van der Waals surface area contributed by atoms with E-state index in [-0.39, 0.29) is 6.04 Å². The van der Waals surface area contributed by atoms with E-state index in [0.717, 1.165) is 36.4 Å². The van der Waals surface area contributed by atoms with Gasteiger partial charge in [0.2, 0.25) is 0 Å². The summed E-state index contributed by atoms with van der Waals surface area (Å²) in [6.45, 7) is 7.16. The van der Waals surface area contributed by atoms with E-state index in [4.69, 9.17) is 9.15 Å². The molecule has 0 bridgehead atoms. The topological polar surface area (TPSA) is 37.6 Å². The number of morpholine rings is 1. The molecule has 1 fully saturated rings. The number of rotatable bonds is 4. The van der Waals surface area contributed by atoms with Crippen LogP contribution < -0.4 is 5.32 Å². The average molecular weight is 288 g/mol. The summed E-state index contributed by atoms with van der Waals surface area (Å²) in [5.41, 5.74) is 0.955. The zero-order valence-electron chi connectivity index (χ0n) is 13.0. The van der Waals surface area contributed by atoms with E-state index in [9.17, 15) is 0 Å². The van der Waals surface area contributed by atoms with Gasteiger partial charge in [0.1, 0.15) is 11.3 Å². The van der Waals surface area contributed by atoms with E-state index in [1.165, 1.54) is 0 Å². The Morgan fingerprint density at radius 1 is 1.24 bits per heavy atom. The van der Waals surface area contributed by atoms with Gasteiger partial charge in [0.05, 0.1) is 18.2 Å². The van der Waals surface area contributed by atoms with Gasteiger partial charge in [-0.25, -0.2) is 0 Å². The van der Waals surface area contributed by atoms with Crippen LogP contribution in [0.2, 0.25) is 0 Å². The van der Waals surface area contributed by atoms with Gasteiger partial charge in [-0.05, 0) is 33.0 Å². The van der Waals surface area contributed by atoms with E-state index in [1.54, 1.807) is 0 Å². The van der Waals surface area contributed by atoms with Crippen LogP contribution in [0, 0.1) is 0 Å². The predicted octanol–water partition coefficient (Wildman–Crippen LogP) is 2.80. The van der Waals surface area contributed by atoms with Gasteiger partial charge in [0.25, 0.3) is 0 Å². The monoisotopic (exact) mass is 288 g/mol. The van der Waals surface area contributed by atoms with Gasteiger partial charge in [0.15, 0.2) is 0 Å². The smallest absolute Gasteiger partial charge is 0.134 e. The minimum absolute atomic E-state index is 0.204. The molecule has 1 aromatic heterocycles. The van der Waals surface area contributed by atoms with Gasteiger partial charge in [-0.2, -0.15) is 0 Å². The van der Waals surface area contributed by atoms with Gasteiger partial charge >= 0.3 is 0 Å². The van der Waals surface area contributed by atoms with E-state index >= 15 is 0 Å². The van der Waals surface area contributed by atoms with Crippen LogP contribution in [0.15, 0.2) is 34.7 Å². The lowest BCUT2D eigenvalue weighted by Gasteiger charge is -2.36. The minimum Gasteiger partial charge on any atom is -0.459 e. The first-order valence-electron chi connectivity index (χ1n) is 7.69. The Labute approximate surface area is 126 Å². The van der Waals surface area contributed by atoms with Gasteiger partial charge in [0, 0.05) is 25.0 Å². The molecular formula is C17H24N2O2. The minimum atomic E-state index is 0.204. The fourth-order valence-electron chi connectivity index (χ4n) is 3.19. The summed E-state index contributed by atoms with van der Waals surface area (Å²) >= 11 is 0. The Hall–Kier alpha value is -1.36. The van der Waals surface area contributed by atoms with Crippen LogP contribution in [0.3, 0.4) is 0 Å². The maximum atomic E-state index is 6.00. The van der Waals surface area contributed by atoms with E-state index in [2.05, 4.69) is 36.2 Å². The number of para-hydroxylation sites is 1. The number of nitrogens with one attached hydrogen (secondary N) is 1. The highest BCUT2D eigenvalue weighted by Crippen LogP contribution is 2.25. The Bertz CT molecular complexity index is 552. The molecule has 2 heterocycles. The standard InChI is InChI=1S/C17H24N2O2/c1-12-9-19(10-13(2)20-12)11-15(18-3)17-8-14-6-4-5-7-16(14)21-17/h4-8,12-13,15,18H,9-11H2,1-3H3/t12-,13+,15?. The highest BCUT2D eigenvalue weighted by molar-refractivity contribution is 5.77. The van der Waals surface area contributed by atoms with Crippen molar-refractivity contribution in [3.05, 3.63) is 36.1 Å². The Morgan fingerprint density at radius 2 is 1.95 bits per heavy atom. The quantitative estimate of drug-likeness (QED) is 0.939. The number of likely N-dealkylation sites (N-methyl/N-ethyl adjacent to an activating group) is 1. The molecule has 4 heteroatoms. The Morgan fingerprint density at radius 3 is 2.62 bits per heavy atom. The summed E-state index contributed by atoms with van der Waals surface area (Å²) in [4.78, 5) is 2.45. The Kier molecular flexibility index (Phi) is 4.29. The van der Waals surface area contributed by atoms with Crippen molar-refractivity contribution >= 4 is 11.0 Å². The van der Waals surface area contributed by atoms with E-state index in [1.807, 2.05) is 25.2 Å². The number of furan rings is 1. The van der Waals surface area contributed by atoms with Crippen molar-refractivity contribution in [3.8, 4) is 0 Å². The zero-order chi connectivity index (χ0) is 14.8. The van der Waals surface area contributed by atoms with Crippen LogP contribution in [0.5, 0.6) is 0 Å². The largest absolute Gasteiger partial charge is 0.459 e. The number of nitrogens with zero attached hydrogens (tertiary/aromatic N) is 1. The summed E-state index contributed by atoms with van der Waals surface area (Å²) in [5, 5.41) is 4.54. The molecule has 1 aliphatic rings. The second kappa shape index (κ2) is 6.18. The van der Waals surface area contributed by atoms with Gasteiger partial charge in [-0.3, -0.25) is 4.90 Å². The molecule has 0 saturated carbocycles. The van der Waals surface area contributed by atoms with Gasteiger partial charge in [-0.1, -0.05) is 18.2 Å². The van der Waals surface area contributed by atoms with Crippen molar-refractivity contribution in [2.45, 2.75) is 32.1 Å². The van der Waals surface area contributed by atoms with Gasteiger partial charge < -0.3 is 14.5 Å². The fraction of sp³-hybridized carbons (Fsp3) is 0.529. The number of benzene rings is 1. The third kappa shape index (κ3) is 3.28. The number of fused-ring (bicyclic) bond motifs is 1. The van der Waals surface area contributed by atoms with Crippen molar-refractivity contribution in [2.24, 2.45) is 0 Å².